The van der Waals surface area contributed by atoms with Crippen LogP contribution in [0, 0.1) is 0 Å². The molecule has 2 aromatic heterocycles. The monoisotopic (exact) mass is 569 g/mol. The number of piperazine rings is 1. The van der Waals surface area contributed by atoms with Crippen molar-refractivity contribution in [2.24, 2.45) is 0 Å². The van der Waals surface area contributed by atoms with Crippen LogP contribution in [0.15, 0.2) is 30.6 Å². The summed E-state index contributed by atoms with van der Waals surface area (Å²) in [6.07, 6.45) is 4.89. The number of nitrogens with zero attached hydrogens (tertiary/aromatic N) is 4. The Kier molecular flexibility index (Phi) is 7.94. The zero-order chi connectivity index (χ0) is 27.5. The van der Waals surface area contributed by atoms with Crippen LogP contribution in [0.5, 0.6) is 23.1 Å². The van der Waals surface area contributed by atoms with Gasteiger partial charge in [-0.25, -0.2) is 4.98 Å². The van der Waals surface area contributed by atoms with Gasteiger partial charge in [0.25, 0.3) is 5.88 Å². The molecule has 11 nitrogen and oxygen atoms in total. The Bertz CT molecular complexity index is 1380. The largest absolute Gasteiger partial charge is 0.492 e. The number of hydrogen-bond donors (Lipinski definition) is 1. The Morgan fingerprint density at radius 2 is 1.98 bits per heavy atom. The highest BCUT2D eigenvalue weighted by atomic mass is 35.5. The van der Waals surface area contributed by atoms with E-state index in [1.54, 1.807) is 13.1 Å². The van der Waals surface area contributed by atoms with E-state index in [0.29, 0.717) is 53.7 Å². The van der Waals surface area contributed by atoms with Crippen molar-refractivity contribution in [2.75, 3.05) is 64.7 Å². The van der Waals surface area contributed by atoms with Crippen molar-refractivity contribution in [1.82, 2.24) is 19.8 Å². The highest BCUT2D eigenvalue weighted by Gasteiger charge is 2.25. The van der Waals surface area contributed by atoms with Crippen LogP contribution in [-0.2, 0) is 9.53 Å². The van der Waals surface area contributed by atoms with Gasteiger partial charge < -0.3 is 33.9 Å². The predicted molar refractivity (Wildman–Crippen MR) is 149 cm³/mol. The third-order valence-electron chi connectivity index (χ3n) is 7.35. The zero-order valence-electron chi connectivity index (χ0n) is 22.4. The fourth-order valence-electron chi connectivity index (χ4n) is 5.14. The van der Waals surface area contributed by atoms with E-state index in [1.165, 1.54) is 6.20 Å². The molecule has 1 aromatic carbocycles. The molecule has 212 valence electrons. The molecule has 0 aliphatic carbocycles. The third-order valence-corrected chi connectivity index (χ3v) is 7.64. The smallest absolute Gasteiger partial charge is 0.262 e. The third kappa shape index (κ3) is 5.81. The van der Waals surface area contributed by atoms with E-state index in [-0.39, 0.29) is 18.8 Å². The molecule has 0 atom stereocenters. The van der Waals surface area contributed by atoms with Crippen LogP contribution in [0.3, 0.4) is 0 Å². The molecule has 2 fully saturated rings. The number of halogens is 1. The second-order valence-electron chi connectivity index (χ2n) is 9.95. The van der Waals surface area contributed by atoms with Gasteiger partial charge in [0.05, 0.1) is 41.0 Å². The number of ether oxygens (including phenoxy) is 5. The Balaban J connectivity index is 1.25. The lowest BCUT2D eigenvalue weighted by Gasteiger charge is -2.34. The summed E-state index contributed by atoms with van der Waals surface area (Å²) in [4.78, 5) is 24.6. The number of amides is 1. The highest BCUT2D eigenvalue weighted by Crippen LogP contribution is 2.45. The number of carbonyl (C=O) groups is 1. The van der Waals surface area contributed by atoms with Gasteiger partial charge in [0.2, 0.25) is 18.4 Å². The van der Waals surface area contributed by atoms with Gasteiger partial charge in [0, 0.05) is 70.8 Å². The van der Waals surface area contributed by atoms with Gasteiger partial charge in [-0.3, -0.25) is 14.7 Å². The highest BCUT2D eigenvalue weighted by molar-refractivity contribution is 6.33. The van der Waals surface area contributed by atoms with Gasteiger partial charge >= 0.3 is 0 Å². The average molecular weight is 570 g/mol. The quantitative estimate of drug-likeness (QED) is 0.430. The van der Waals surface area contributed by atoms with E-state index in [4.69, 9.17) is 35.3 Å². The van der Waals surface area contributed by atoms with Crippen LogP contribution in [0.25, 0.3) is 10.9 Å². The van der Waals surface area contributed by atoms with Gasteiger partial charge in [-0.05, 0) is 6.07 Å². The molecule has 1 amide bonds. The van der Waals surface area contributed by atoms with Crippen molar-refractivity contribution in [1.29, 1.82) is 0 Å². The lowest BCUT2D eigenvalue weighted by molar-refractivity contribution is -0.130. The number of fused-ring (bicyclic) bond motifs is 2. The van der Waals surface area contributed by atoms with E-state index in [9.17, 15) is 4.79 Å². The number of anilines is 2. The van der Waals surface area contributed by atoms with Crippen LogP contribution < -0.4 is 24.3 Å². The van der Waals surface area contributed by atoms with Crippen LogP contribution in [-0.4, -0.2) is 91.1 Å². The lowest BCUT2D eigenvalue weighted by atomic mass is 10.1. The normalized spacial score (nSPS) is 17.7. The molecule has 0 spiro atoms. The van der Waals surface area contributed by atoms with Crippen molar-refractivity contribution in [2.45, 2.75) is 25.9 Å². The maximum absolute atomic E-state index is 11.6. The number of aromatic nitrogens is 2. The summed E-state index contributed by atoms with van der Waals surface area (Å²) in [5.41, 5.74) is 2.05. The molecular formula is C28H32ClN5O6. The number of nitrogens with one attached hydrogen (secondary N) is 1. The molecule has 40 heavy (non-hydrogen) atoms. The summed E-state index contributed by atoms with van der Waals surface area (Å²) >= 11 is 6.51. The molecule has 3 aliphatic rings. The molecule has 0 unspecified atom stereocenters. The number of hydrogen-bond acceptors (Lipinski definition) is 10. The molecule has 0 bridgehead atoms. The molecule has 1 N–H and O–H groups in total. The second-order valence-corrected chi connectivity index (χ2v) is 10.4. The van der Waals surface area contributed by atoms with Crippen LogP contribution >= 0.6 is 11.6 Å². The maximum atomic E-state index is 11.6. The molecule has 2 saturated heterocycles. The summed E-state index contributed by atoms with van der Waals surface area (Å²) in [5.74, 6) is 2.34. The molecule has 3 aromatic rings. The second kappa shape index (κ2) is 11.9. The lowest BCUT2D eigenvalue weighted by Crippen LogP contribution is -2.48. The number of benzene rings is 1. The summed E-state index contributed by atoms with van der Waals surface area (Å²) in [5, 5.41) is 4.63. The van der Waals surface area contributed by atoms with Crippen molar-refractivity contribution < 1.29 is 28.5 Å². The van der Waals surface area contributed by atoms with Crippen LogP contribution in [0.4, 0.5) is 11.4 Å². The van der Waals surface area contributed by atoms with Crippen LogP contribution in [0.2, 0.25) is 5.02 Å². The summed E-state index contributed by atoms with van der Waals surface area (Å²) in [6.45, 7) is 7.47. The van der Waals surface area contributed by atoms with E-state index in [1.807, 2.05) is 23.1 Å². The fourth-order valence-corrected chi connectivity index (χ4v) is 5.32. The minimum Gasteiger partial charge on any atom is -0.492 e. The van der Waals surface area contributed by atoms with E-state index >= 15 is 0 Å². The fraction of sp³-hybridized carbons (Fsp3) is 0.464. The predicted octanol–water partition coefficient (Wildman–Crippen LogP) is 3.86. The van der Waals surface area contributed by atoms with Gasteiger partial charge in [-0.15, -0.1) is 0 Å². The molecule has 3 aliphatic heterocycles. The Morgan fingerprint density at radius 3 is 2.77 bits per heavy atom. The van der Waals surface area contributed by atoms with Crippen molar-refractivity contribution in [3.63, 3.8) is 0 Å². The zero-order valence-corrected chi connectivity index (χ0v) is 23.1. The molecule has 0 saturated carbocycles. The summed E-state index contributed by atoms with van der Waals surface area (Å²) in [6, 6.07) is 5.72. The van der Waals surface area contributed by atoms with E-state index in [2.05, 4.69) is 20.2 Å². The first kappa shape index (κ1) is 26.7. The number of rotatable bonds is 8. The molecule has 0 radical (unpaired) electrons. The molecular weight excluding hydrogens is 538 g/mol. The first-order chi connectivity index (χ1) is 19.5. The molecule has 5 heterocycles. The van der Waals surface area contributed by atoms with E-state index in [0.717, 1.165) is 62.2 Å². The summed E-state index contributed by atoms with van der Waals surface area (Å²) < 4.78 is 29.4. The van der Waals surface area contributed by atoms with Gasteiger partial charge in [0.15, 0.2) is 0 Å². The minimum absolute atomic E-state index is 0.0170. The van der Waals surface area contributed by atoms with Crippen LogP contribution in [0.1, 0.15) is 19.8 Å². The Labute approximate surface area is 237 Å². The van der Waals surface area contributed by atoms with Gasteiger partial charge in [0.1, 0.15) is 29.9 Å². The first-order valence-corrected chi connectivity index (χ1v) is 13.9. The summed E-state index contributed by atoms with van der Waals surface area (Å²) in [7, 11) is 0. The molecule has 6 rings (SSSR count). The maximum Gasteiger partial charge on any atom is 0.262 e. The molecule has 12 heteroatoms. The average Bonchev–Trinajstić information content (AvgIpc) is 3.45. The standard InChI is InChI=1S/C28H32ClN5O6/c1-18(35)34-8-6-33(7-9-34)10-13-37-20-14-23-25(24(15-20)40-19-3-11-36-12-4-19)22(2-5-30-23)32-26-21(29)16-31-28-27(26)38-17-39-28/h2,5,14-16,19H,3-4,6-13,17H2,1H3,(H,30,31,32). The topological polar surface area (TPSA) is 108 Å². The number of carbonyl (C=O) groups excluding carboxylic acids is 1. The van der Waals surface area contributed by atoms with Gasteiger partial charge in [-0.2, -0.15) is 0 Å². The van der Waals surface area contributed by atoms with Crippen molar-refractivity contribution >= 4 is 39.8 Å². The minimum atomic E-state index is 0.0170. The van der Waals surface area contributed by atoms with Crippen molar-refractivity contribution in [3.8, 4) is 23.1 Å². The Morgan fingerprint density at radius 1 is 1.15 bits per heavy atom. The first-order valence-electron chi connectivity index (χ1n) is 13.5. The Hall–Kier alpha value is -3.54. The van der Waals surface area contributed by atoms with Gasteiger partial charge in [-0.1, -0.05) is 11.6 Å². The van der Waals surface area contributed by atoms with E-state index < -0.39 is 0 Å². The SMILES string of the molecule is CC(=O)N1CCN(CCOc2cc(OC3CCOCC3)c3c(Nc4c(Cl)cnc5c4OCO5)ccnc3c2)CC1. The number of pyridine rings is 2. The van der Waals surface area contributed by atoms with Crippen molar-refractivity contribution in [3.05, 3.63) is 35.6 Å².